The number of hydrogen-bond donors (Lipinski definition) is 0. The maximum absolute atomic E-state index is 12.4. The summed E-state index contributed by atoms with van der Waals surface area (Å²) in [6.45, 7) is 3.87. The molecule has 1 aromatic rings. The standard InChI is InChI=1S/C9H14O2.C7H6F2/c1-2-11-9(10)8-6-4-3-5-7-8;1-5-3-2-4-6(8)7(5)9/h3-4,8H,2,5-7H2,1H3;2-4H,1H3. The van der Waals surface area contributed by atoms with E-state index in [4.69, 9.17) is 4.74 Å². The molecule has 20 heavy (non-hydrogen) atoms. The van der Waals surface area contributed by atoms with Crippen molar-refractivity contribution in [3.05, 3.63) is 47.5 Å². The average molecular weight is 282 g/mol. The molecule has 0 aromatic heterocycles. The van der Waals surface area contributed by atoms with Crippen LogP contribution in [0, 0.1) is 24.5 Å². The van der Waals surface area contributed by atoms with Gasteiger partial charge >= 0.3 is 5.97 Å². The molecule has 0 saturated carbocycles. The van der Waals surface area contributed by atoms with E-state index in [1.165, 1.54) is 19.1 Å². The van der Waals surface area contributed by atoms with Crippen LogP contribution in [0.4, 0.5) is 8.78 Å². The zero-order valence-corrected chi connectivity index (χ0v) is 11.9. The van der Waals surface area contributed by atoms with Crippen LogP contribution in [0.15, 0.2) is 30.4 Å². The number of ether oxygens (including phenoxy) is 1. The number of hydrogen-bond acceptors (Lipinski definition) is 2. The summed E-state index contributed by atoms with van der Waals surface area (Å²) in [4.78, 5) is 11.1. The molecule has 0 amide bonds. The number of aryl methyl sites for hydroxylation is 1. The Hall–Kier alpha value is -1.71. The maximum Gasteiger partial charge on any atom is 0.309 e. The second kappa shape index (κ2) is 8.46. The molecular formula is C16H20F2O2. The first-order chi connectivity index (χ1) is 9.56. The number of halogens is 2. The Kier molecular flexibility index (Phi) is 6.91. The summed E-state index contributed by atoms with van der Waals surface area (Å²) in [6.07, 6.45) is 7.01. The van der Waals surface area contributed by atoms with Crippen LogP contribution < -0.4 is 0 Å². The predicted molar refractivity (Wildman–Crippen MR) is 74.2 cm³/mol. The Balaban J connectivity index is 0.000000204. The fourth-order valence-electron chi connectivity index (χ4n) is 1.88. The van der Waals surface area contributed by atoms with Gasteiger partial charge < -0.3 is 4.74 Å². The molecule has 0 fully saturated rings. The normalized spacial score (nSPS) is 17.1. The van der Waals surface area contributed by atoms with Crippen molar-refractivity contribution in [2.45, 2.75) is 33.1 Å². The second-order valence-corrected chi connectivity index (χ2v) is 4.60. The van der Waals surface area contributed by atoms with Gasteiger partial charge in [0.05, 0.1) is 12.5 Å². The van der Waals surface area contributed by atoms with Gasteiger partial charge in [0.2, 0.25) is 0 Å². The Morgan fingerprint density at radius 2 is 2.10 bits per heavy atom. The van der Waals surface area contributed by atoms with Crippen LogP contribution in [0.3, 0.4) is 0 Å². The smallest absolute Gasteiger partial charge is 0.309 e. The number of rotatable bonds is 2. The molecule has 0 bridgehead atoms. The predicted octanol–water partition coefficient (Wildman–Crippen LogP) is 4.18. The highest BCUT2D eigenvalue weighted by Crippen LogP contribution is 2.19. The lowest BCUT2D eigenvalue weighted by atomic mass is 9.95. The largest absolute Gasteiger partial charge is 0.466 e. The molecule has 1 aromatic carbocycles. The van der Waals surface area contributed by atoms with Crippen molar-refractivity contribution in [3.8, 4) is 0 Å². The highest BCUT2D eigenvalue weighted by atomic mass is 19.2. The molecule has 0 N–H and O–H groups in total. The number of benzene rings is 1. The van der Waals surface area contributed by atoms with Crippen LogP contribution in [0.5, 0.6) is 0 Å². The van der Waals surface area contributed by atoms with Gasteiger partial charge in [-0.25, -0.2) is 8.78 Å². The number of allylic oxidation sites excluding steroid dienone is 2. The Morgan fingerprint density at radius 3 is 2.60 bits per heavy atom. The van der Waals surface area contributed by atoms with Crippen molar-refractivity contribution >= 4 is 5.97 Å². The minimum atomic E-state index is -0.782. The molecule has 0 heterocycles. The monoisotopic (exact) mass is 282 g/mol. The Morgan fingerprint density at radius 1 is 1.35 bits per heavy atom. The molecule has 0 spiro atoms. The molecule has 2 rings (SSSR count). The second-order valence-electron chi connectivity index (χ2n) is 4.60. The van der Waals surface area contributed by atoms with E-state index in [0.717, 1.165) is 25.3 Å². The highest BCUT2D eigenvalue weighted by molar-refractivity contribution is 5.72. The summed E-state index contributed by atoms with van der Waals surface area (Å²) in [7, 11) is 0. The lowest BCUT2D eigenvalue weighted by Crippen LogP contribution is -2.18. The van der Waals surface area contributed by atoms with Gasteiger partial charge in [-0.05, 0) is 44.7 Å². The van der Waals surface area contributed by atoms with Crippen LogP contribution in [0.1, 0.15) is 31.7 Å². The topological polar surface area (TPSA) is 26.3 Å². The van der Waals surface area contributed by atoms with E-state index in [9.17, 15) is 13.6 Å². The van der Waals surface area contributed by atoms with E-state index < -0.39 is 11.6 Å². The zero-order valence-electron chi connectivity index (χ0n) is 11.9. The van der Waals surface area contributed by atoms with Gasteiger partial charge in [-0.15, -0.1) is 0 Å². The van der Waals surface area contributed by atoms with Crippen LogP contribution in [0.25, 0.3) is 0 Å². The van der Waals surface area contributed by atoms with Gasteiger partial charge in [0, 0.05) is 0 Å². The van der Waals surface area contributed by atoms with Crippen molar-refractivity contribution in [1.82, 2.24) is 0 Å². The Labute approximate surface area is 118 Å². The molecule has 0 radical (unpaired) electrons. The third-order valence-electron chi connectivity index (χ3n) is 3.03. The van der Waals surface area contributed by atoms with Gasteiger partial charge in [-0.1, -0.05) is 24.3 Å². The summed E-state index contributed by atoms with van der Waals surface area (Å²) in [5.41, 5.74) is 0.343. The Bertz CT molecular complexity index is 449. The molecule has 4 heteroatoms. The summed E-state index contributed by atoms with van der Waals surface area (Å²) in [6, 6.07) is 4.11. The molecule has 0 saturated heterocycles. The number of esters is 1. The minimum Gasteiger partial charge on any atom is -0.466 e. The van der Waals surface area contributed by atoms with E-state index in [0.29, 0.717) is 12.2 Å². The quantitative estimate of drug-likeness (QED) is 0.601. The van der Waals surface area contributed by atoms with Gasteiger partial charge in [-0.3, -0.25) is 4.79 Å². The molecular weight excluding hydrogens is 262 g/mol. The van der Waals surface area contributed by atoms with Crippen LogP contribution >= 0.6 is 0 Å². The van der Waals surface area contributed by atoms with Gasteiger partial charge in [0.1, 0.15) is 0 Å². The molecule has 1 unspecified atom stereocenters. The van der Waals surface area contributed by atoms with Crippen LogP contribution in [-0.2, 0) is 9.53 Å². The average Bonchev–Trinajstić information content (AvgIpc) is 2.46. The zero-order chi connectivity index (χ0) is 15.0. The maximum atomic E-state index is 12.4. The van der Waals surface area contributed by atoms with Crippen LogP contribution in [-0.4, -0.2) is 12.6 Å². The molecule has 110 valence electrons. The molecule has 1 aliphatic carbocycles. The molecule has 1 atom stereocenters. The lowest BCUT2D eigenvalue weighted by Gasteiger charge is -2.15. The van der Waals surface area contributed by atoms with Crippen molar-refractivity contribution in [2.24, 2.45) is 5.92 Å². The van der Waals surface area contributed by atoms with E-state index in [-0.39, 0.29) is 11.9 Å². The number of carbonyl (C=O) groups is 1. The van der Waals surface area contributed by atoms with Crippen molar-refractivity contribution in [3.63, 3.8) is 0 Å². The van der Waals surface area contributed by atoms with Crippen LogP contribution in [0.2, 0.25) is 0 Å². The van der Waals surface area contributed by atoms with Gasteiger partial charge in [0.15, 0.2) is 11.6 Å². The van der Waals surface area contributed by atoms with Gasteiger partial charge in [-0.2, -0.15) is 0 Å². The fourth-order valence-corrected chi connectivity index (χ4v) is 1.88. The van der Waals surface area contributed by atoms with E-state index >= 15 is 0 Å². The molecule has 2 nitrogen and oxygen atoms in total. The van der Waals surface area contributed by atoms with Crippen molar-refractivity contribution in [1.29, 1.82) is 0 Å². The minimum absolute atomic E-state index is 0.0307. The van der Waals surface area contributed by atoms with Crippen molar-refractivity contribution < 1.29 is 18.3 Å². The van der Waals surface area contributed by atoms with E-state index in [1.807, 2.05) is 6.92 Å². The third kappa shape index (κ3) is 5.11. The molecule has 1 aliphatic rings. The van der Waals surface area contributed by atoms with E-state index in [2.05, 4.69) is 12.2 Å². The molecule has 0 aliphatic heterocycles. The SMILES string of the molecule is CCOC(=O)C1CC=CCC1.Cc1cccc(F)c1F. The van der Waals surface area contributed by atoms with E-state index in [1.54, 1.807) is 0 Å². The van der Waals surface area contributed by atoms with Gasteiger partial charge in [0.25, 0.3) is 0 Å². The summed E-state index contributed by atoms with van der Waals surface area (Å²) in [5, 5.41) is 0. The summed E-state index contributed by atoms with van der Waals surface area (Å²) >= 11 is 0. The first-order valence-electron chi connectivity index (χ1n) is 6.78. The number of carbonyl (C=O) groups excluding carboxylic acids is 1. The lowest BCUT2D eigenvalue weighted by molar-refractivity contribution is -0.148. The third-order valence-corrected chi connectivity index (χ3v) is 3.03. The highest BCUT2D eigenvalue weighted by Gasteiger charge is 2.19. The van der Waals surface area contributed by atoms with Crippen molar-refractivity contribution in [2.75, 3.05) is 6.61 Å². The summed E-state index contributed by atoms with van der Waals surface area (Å²) in [5.74, 6) is -1.44. The fraction of sp³-hybridized carbons (Fsp3) is 0.438. The summed E-state index contributed by atoms with van der Waals surface area (Å²) < 4.78 is 29.5. The first kappa shape index (κ1) is 16.3. The first-order valence-corrected chi connectivity index (χ1v) is 6.78.